The maximum absolute atomic E-state index is 11.3. The zero-order valence-corrected chi connectivity index (χ0v) is 12.9. The summed E-state index contributed by atoms with van der Waals surface area (Å²) in [4.78, 5) is 11.3. The Bertz CT molecular complexity index is 587. The van der Waals surface area contributed by atoms with E-state index in [1.165, 1.54) is 23.1 Å². The van der Waals surface area contributed by atoms with Crippen molar-refractivity contribution >= 4 is 39.9 Å². The molecule has 0 unspecified atom stereocenters. The fourth-order valence-electron chi connectivity index (χ4n) is 1.47. The minimum Gasteiger partial charge on any atom is -0.465 e. The van der Waals surface area contributed by atoms with Crippen molar-refractivity contribution in [1.82, 2.24) is 10.2 Å². The maximum Gasteiger partial charge on any atom is 0.316 e. The summed E-state index contributed by atoms with van der Waals surface area (Å²) in [7, 11) is 0. The molecule has 0 aliphatic rings. The van der Waals surface area contributed by atoms with E-state index >= 15 is 0 Å². The third kappa shape index (κ3) is 4.21. The number of thioether (sulfide) groups is 1. The lowest BCUT2D eigenvalue weighted by molar-refractivity contribution is -0.139. The third-order valence-electron chi connectivity index (χ3n) is 2.41. The van der Waals surface area contributed by atoms with Crippen LogP contribution in [0.4, 0.5) is 10.8 Å². The SMILES string of the molecule is CCOC(=O)CSc1nnc(Nc2ccccc2C)s1. The largest absolute Gasteiger partial charge is 0.465 e. The molecule has 1 aromatic carbocycles. The number of carbonyl (C=O) groups is 1. The zero-order chi connectivity index (χ0) is 14.4. The average molecular weight is 309 g/mol. The Labute approximate surface area is 125 Å². The number of ether oxygens (including phenoxy) is 1. The minimum absolute atomic E-state index is 0.235. The van der Waals surface area contributed by atoms with Crippen molar-refractivity contribution in [3.8, 4) is 0 Å². The standard InChI is InChI=1S/C13H15N3O2S2/c1-3-18-11(17)8-19-13-16-15-12(20-13)14-10-7-5-4-6-9(10)2/h4-7H,3,8H2,1-2H3,(H,14,15). The molecule has 0 fully saturated rings. The van der Waals surface area contributed by atoms with Crippen LogP contribution in [0.3, 0.4) is 0 Å². The summed E-state index contributed by atoms with van der Waals surface area (Å²) in [6.07, 6.45) is 0. The van der Waals surface area contributed by atoms with E-state index in [4.69, 9.17) is 4.74 Å². The van der Waals surface area contributed by atoms with E-state index in [9.17, 15) is 4.79 Å². The number of para-hydroxylation sites is 1. The second-order valence-corrected chi connectivity index (χ2v) is 6.11. The Morgan fingerprint density at radius 2 is 2.20 bits per heavy atom. The molecule has 5 nitrogen and oxygen atoms in total. The van der Waals surface area contributed by atoms with Crippen LogP contribution in [0.1, 0.15) is 12.5 Å². The minimum atomic E-state index is -0.235. The summed E-state index contributed by atoms with van der Waals surface area (Å²) in [5.74, 6) is 0.0217. The number of hydrogen-bond donors (Lipinski definition) is 1. The van der Waals surface area contributed by atoms with Gasteiger partial charge in [-0.25, -0.2) is 0 Å². The highest BCUT2D eigenvalue weighted by Gasteiger charge is 2.09. The van der Waals surface area contributed by atoms with Gasteiger partial charge >= 0.3 is 5.97 Å². The van der Waals surface area contributed by atoms with E-state index in [2.05, 4.69) is 15.5 Å². The molecule has 106 valence electrons. The number of benzene rings is 1. The number of nitrogens with one attached hydrogen (secondary N) is 1. The predicted octanol–water partition coefficient (Wildman–Crippen LogP) is 3.25. The number of carbonyl (C=O) groups excluding carboxylic acids is 1. The van der Waals surface area contributed by atoms with Gasteiger partial charge in [0.2, 0.25) is 5.13 Å². The van der Waals surface area contributed by atoms with Crippen molar-refractivity contribution in [3.05, 3.63) is 29.8 Å². The smallest absolute Gasteiger partial charge is 0.316 e. The van der Waals surface area contributed by atoms with E-state index in [1.54, 1.807) is 6.92 Å². The van der Waals surface area contributed by atoms with Crippen LogP contribution in [-0.2, 0) is 9.53 Å². The molecule has 0 aliphatic heterocycles. The van der Waals surface area contributed by atoms with Crippen molar-refractivity contribution in [3.63, 3.8) is 0 Å². The van der Waals surface area contributed by atoms with E-state index < -0.39 is 0 Å². The molecule has 2 aromatic rings. The molecule has 0 saturated carbocycles. The Balaban J connectivity index is 1.92. The van der Waals surface area contributed by atoms with Crippen molar-refractivity contribution in [2.24, 2.45) is 0 Å². The predicted molar refractivity (Wildman–Crippen MR) is 81.7 cm³/mol. The van der Waals surface area contributed by atoms with Crippen LogP contribution in [0.25, 0.3) is 0 Å². The van der Waals surface area contributed by atoms with Crippen molar-refractivity contribution in [1.29, 1.82) is 0 Å². The second kappa shape index (κ2) is 7.25. The van der Waals surface area contributed by atoms with E-state index in [-0.39, 0.29) is 11.7 Å². The molecule has 1 N–H and O–H groups in total. The van der Waals surface area contributed by atoms with Gasteiger partial charge < -0.3 is 10.1 Å². The van der Waals surface area contributed by atoms with Gasteiger partial charge in [-0.1, -0.05) is 41.3 Å². The number of anilines is 2. The third-order valence-corrected chi connectivity index (χ3v) is 4.36. The van der Waals surface area contributed by atoms with Gasteiger partial charge in [-0.3, -0.25) is 4.79 Å². The lowest BCUT2D eigenvalue weighted by Crippen LogP contribution is -2.06. The Kier molecular flexibility index (Phi) is 5.37. The molecule has 0 atom stereocenters. The first-order valence-electron chi connectivity index (χ1n) is 6.13. The first-order chi connectivity index (χ1) is 9.69. The topological polar surface area (TPSA) is 64.1 Å². The lowest BCUT2D eigenvalue weighted by Gasteiger charge is -2.04. The Morgan fingerprint density at radius 1 is 1.40 bits per heavy atom. The van der Waals surface area contributed by atoms with E-state index in [0.717, 1.165) is 15.6 Å². The van der Waals surface area contributed by atoms with Crippen LogP contribution in [0.5, 0.6) is 0 Å². The van der Waals surface area contributed by atoms with E-state index in [1.807, 2.05) is 31.2 Å². The molecule has 7 heteroatoms. The van der Waals surface area contributed by atoms with Gasteiger partial charge in [0.25, 0.3) is 0 Å². The number of hydrogen-bond acceptors (Lipinski definition) is 7. The quantitative estimate of drug-likeness (QED) is 0.653. The van der Waals surface area contributed by atoms with Gasteiger partial charge in [0.1, 0.15) is 0 Å². The molecule has 0 radical (unpaired) electrons. The summed E-state index contributed by atoms with van der Waals surface area (Å²) in [5, 5.41) is 12.0. The van der Waals surface area contributed by atoms with Crippen LogP contribution >= 0.6 is 23.1 Å². The summed E-state index contributed by atoms with van der Waals surface area (Å²) in [6.45, 7) is 4.22. The lowest BCUT2D eigenvalue weighted by atomic mass is 10.2. The van der Waals surface area contributed by atoms with Gasteiger partial charge in [0.05, 0.1) is 12.4 Å². The van der Waals surface area contributed by atoms with E-state index in [0.29, 0.717) is 11.7 Å². The first-order valence-corrected chi connectivity index (χ1v) is 7.94. The maximum atomic E-state index is 11.3. The molecule has 20 heavy (non-hydrogen) atoms. The van der Waals surface area contributed by atoms with Crippen LogP contribution in [0, 0.1) is 6.92 Å². The molecule has 0 amide bonds. The van der Waals surface area contributed by atoms with Crippen molar-refractivity contribution in [2.75, 3.05) is 17.7 Å². The van der Waals surface area contributed by atoms with Crippen molar-refractivity contribution < 1.29 is 9.53 Å². The van der Waals surface area contributed by atoms with Gasteiger partial charge in [0, 0.05) is 5.69 Å². The molecular weight excluding hydrogens is 294 g/mol. The normalized spacial score (nSPS) is 10.3. The Morgan fingerprint density at radius 3 is 2.95 bits per heavy atom. The molecule has 0 bridgehead atoms. The van der Waals surface area contributed by atoms with Crippen LogP contribution < -0.4 is 5.32 Å². The molecular formula is C13H15N3O2S2. The number of aryl methyl sites for hydroxylation is 1. The fraction of sp³-hybridized carbons (Fsp3) is 0.308. The van der Waals surface area contributed by atoms with Gasteiger partial charge in [-0.15, -0.1) is 10.2 Å². The summed E-state index contributed by atoms with van der Waals surface area (Å²) in [6, 6.07) is 7.97. The Hall–Kier alpha value is -1.60. The fourth-order valence-corrected chi connectivity index (χ4v) is 3.03. The van der Waals surface area contributed by atoms with Crippen LogP contribution in [0.2, 0.25) is 0 Å². The number of aromatic nitrogens is 2. The summed E-state index contributed by atoms with van der Waals surface area (Å²) >= 11 is 2.75. The molecule has 0 saturated heterocycles. The summed E-state index contributed by atoms with van der Waals surface area (Å²) in [5.41, 5.74) is 2.15. The molecule has 1 heterocycles. The number of nitrogens with zero attached hydrogens (tertiary/aromatic N) is 2. The molecule has 0 spiro atoms. The van der Waals surface area contributed by atoms with Gasteiger partial charge in [0.15, 0.2) is 4.34 Å². The summed E-state index contributed by atoms with van der Waals surface area (Å²) < 4.78 is 5.61. The van der Waals surface area contributed by atoms with Crippen LogP contribution in [-0.4, -0.2) is 28.5 Å². The van der Waals surface area contributed by atoms with Gasteiger partial charge in [-0.2, -0.15) is 0 Å². The molecule has 2 rings (SSSR count). The van der Waals surface area contributed by atoms with Gasteiger partial charge in [-0.05, 0) is 25.5 Å². The highest BCUT2D eigenvalue weighted by Crippen LogP contribution is 2.28. The highest BCUT2D eigenvalue weighted by atomic mass is 32.2. The zero-order valence-electron chi connectivity index (χ0n) is 11.3. The second-order valence-electron chi connectivity index (χ2n) is 3.91. The molecule has 1 aromatic heterocycles. The number of rotatable bonds is 6. The number of esters is 1. The average Bonchev–Trinajstić information content (AvgIpc) is 2.87. The molecule has 0 aliphatic carbocycles. The monoisotopic (exact) mass is 309 g/mol. The van der Waals surface area contributed by atoms with Crippen molar-refractivity contribution in [2.45, 2.75) is 18.2 Å². The first kappa shape index (κ1) is 14.8. The highest BCUT2D eigenvalue weighted by molar-refractivity contribution is 8.01. The van der Waals surface area contributed by atoms with Crippen LogP contribution in [0.15, 0.2) is 28.6 Å².